The van der Waals surface area contributed by atoms with Crippen molar-refractivity contribution in [1.82, 2.24) is 0 Å². The highest BCUT2D eigenvalue weighted by molar-refractivity contribution is 7.86. The molecule has 2 unspecified atom stereocenters. The van der Waals surface area contributed by atoms with Crippen LogP contribution in [0.3, 0.4) is 0 Å². The van der Waals surface area contributed by atoms with E-state index in [1.807, 2.05) is 6.92 Å². The Balaban J connectivity index is 3.50. The molecule has 0 amide bonds. The molecule has 0 saturated carbocycles. The molecule has 4 nitrogen and oxygen atoms in total. The lowest BCUT2D eigenvalue weighted by atomic mass is 10.0. The molecule has 0 saturated heterocycles. The molecule has 0 aliphatic carbocycles. The molecule has 0 spiro atoms. The minimum absolute atomic E-state index is 0.217. The van der Waals surface area contributed by atoms with E-state index in [4.69, 9.17) is 0 Å². The Morgan fingerprint density at radius 3 is 1.34 bits per heavy atom. The van der Waals surface area contributed by atoms with Gasteiger partial charge < -0.3 is 5.11 Å². The van der Waals surface area contributed by atoms with Crippen molar-refractivity contribution in [3.05, 3.63) is 0 Å². The predicted octanol–water partition coefficient (Wildman–Crippen LogP) is 7.45. The number of hydrogen-bond donors (Lipinski definition) is 2. The number of aliphatic hydroxyl groups excluding tert-OH is 1. The summed E-state index contributed by atoms with van der Waals surface area (Å²) in [4.78, 5) is 0. The molecule has 0 bridgehead atoms. The highest BCUT2D eigenvalue weighted by Crippen LogP contribution is 2.19. The molecule has 0 aromatic rings. The molecule has 5 heteroatoms. The third kappa shape index (κ3) is 19.6. The third-order valence-electron chi connectivity index (χ3n) is 6.01. The third-order valence-corrected chi connectivity index (χ3v) is 7.32. The van der Waals surface area contributed by atoms with Crippen LogP contribution in [0.5, 0.6) is 0 Å². The fourth-order valence-corrected chi connectivity index (χ4v) is 4.92. The molecule has 0 fully saturated rings. The average molecular weight is 435 g/mol. The van der Waals surface area contributed by atoms with Crippen LogP contribution in [-0.4, -0.2) is 29.4 Å². The Morgan fingerprint density at radius 1 is 0.552 bits per heavy atom. The van der Waals surface area contributed by atoms with E-state index in [2.05, 4.69) is 6.92 Å². The lowest BCUT2D eigenvalue weighted by molar-refractivity contribution is 0.147. The second kappa shape index (κ2) is 19.8. The van der Waals surface area contributed by atoms with Crippen LogP contribution in [0.2, 0.25) is 0 Å². The Bertz CT molecular complexity index is 436. The predicted molar refractivity (Wildman–Crippen MR) is 125 cm³/mol. The van der Waals surface area contributed by atoms with Gasteiger partial charge in [-0.15, -0.1) is 0 Å². The number of rotatable bonds is 22. The highest BCUT2D eigenvalue weighted by atomic mass is 32.2. The monoisotopic (exact) mass is 434 g/mol. The van der Waals surface area contributed by atoms with Gasteiger partial charge in [0.1, 0.15) is 0 Å². The molecule has 0 aliphatic rings. The van der Waals surface area contributed by atoms with E-state index in [0.717, 1.165) is 51.4 Å². The first kappa shape index (κ1) is 28.9. The van der Waals surface area contributed by atoms with Crippen LogP contribution in [0.15, 0.2) is 0 Å². The lowest BCUT2D eigenvalue weighted by Gasteiger charge is -2.14. The molecule has 0 aromatic carbocycles. The van der Waals surface area contributed by atoms with E-state index in [9.17, 15) is 18.1 Å². The SMILES string of the molecule is CCCCCCCCCCCCCC(O)CCCCCC(CCCC)S(=O)(=O)O. The summed E-state index contributed by atoms with van der Waals surface area (Å²) < 4.78 is 32.1. The zero-order valence-corrected chi connectivity index (χ0v) is 20.2. The fraction of sp³-hybridized carbons (Fsp3) is 1.00. The van der Waals surface area contributed by atoms with Crippen molar-refractivity contribution in [2.45, 2.75) is 154 Å². The summed E-state index contributed by atoms with van der Waals surface area (Å²) in [6.45, 7) is 4.28. The van der Waals surface area contributed by atoms with Crippen molar-refractivity contribution in [3.8, 4) is 0 Å². The number of unbranched alkanes of at least 4 members (excludes halogenated alkanes) is 13. The van der Waals surface area contributed by atoms with E-state index in [1.54, 1.807) is 0 Å². The van der Waals surface area contributed by atoms with Crippen LogP contribution in [-0.2, 0) is 10.1 Å². The van der Waals surface area contributed by atoms with E-state index >= 15 is 0 Å². The summed E-state index contributed by atoms with van der Waals surface area (Å²) in [7, 11) is -3.92. The molecule has 0 radical (unpaired) electrons. The maximum atomic E-state index is 11.4. The lowest BCUT2D eigenvalue weighted by Crippen LogP contribution is -2.20. The summed E-state index contributed by atoms with van der Waals surface area (Å²) in [6, 6.07) is 0. The van der Waals surface area contributed by atoms with Gasteiger partial charge in [0, 0.05) is 0 Å². The van der Waals surface area contributed by atoms with Gasteiger partial charge in [0.05, 0.1) is 11.4 Å². The molecule has 2 atom stereocenters. The zero-order chi connectivity index (χ0) is 21.8. The average Bonchev–Trinajstić information content (AvgIpc) is 2.67. The minimum atomic E-state index is -3.92. The van der Waals surface area contributed by atoms with Gasteiger partial charge >= 0.3 is 0 Å². The second-order valence-corrected chi connectivity index (χ2v) is 10.6. The number of hydrogen-bond acceptors (Lipinski definition) is 3. The second-order valence-electron chi connectivity index (χ2n) is 8.90. The standard InChI is InChI=1S/C24H50O4S/c1-3-5-7-8-9-10-11-12-13-14-16-19-23(25)20-17-15-18-22-24(21-6-4-2)29(26,27)28/h23-25H,3-22H2,1-2H3,(H,26,27,28). The van der Waals surface area contributed by atoms with E-state index in [0.29, 0.717) is 12.8 Å². The molecular formula is C24H50O4S. The van der Waals surface area contributed by atoms with Crippen LogP contribution in [0.25, 0.3) is 0 Å². The van der Waals surface area contributed by atoms with Crippen molar-refractivity contribution in [2.75, 3.05) is 0 Å². The largest absolute Gasteiger partial charge is 0.393 e. The summed E-state index contributed by atoms with van der Waals surface area (Å²) >= 11 is 0. The molecule has 0 aromatic heterocycles. The van der Waals surface area contributed by atoms with Gasteiger partial charge in [-0.25, -0.2) is 0 Å². The normalized spacial score (nSPS) is 14.2. The fourth-order valence-electron chi connectivity index (χ4n) is 3.99. The van der Waals surface area contributed by atoms with Gasteiger partial charge in [-0.1, -0.05) is 117 Å². The molecule has 0 heterocycles. The summed E-state index contributed by atoms with van der Waals surface area (Å²) in [6.07, 6.45) is 21.6. The van der Waals surface area contributed by atoms with Crippen LogP contribution in [0, 0.1) is 0 Å². The van der Waals surface area contributed by atoms with Crippen molar-refractivity contribution >= 4 is 10.1 Å². The van der Waals surface area contributed by atoms with Crippen molar-refractivity contribution in [3.63, 3.8) is 0 Å². The van der Waals surface area contributed by atoms with Gasteiger partial charge in [-0.2, -0.15) is 8.42 Å². The molecule has 176 valence electrons. The molecule has 29 heavy (non-hydrogen) atoms. The van der Waals surface area contributed by atoms with Crippen LogP contribution < -0.4 is 0 Å². The maximum absolute atomic E-state index is 11.4. The first-order valence-corrected chi connectivity index (χ1v) is 14.1. The summed E-state index contributed by atoms with van der Waals surface area (Å²) in [5.41, 5.74) is 0. The Labute approximate surface area is 182 Å². The van der Waals surface area contributed by atoms with E-state index in [1.165, 1.54) is 64.2 Å². The molecule has 0 aliphatic heterocycles. The van der Waals surface area contributed by atoms with Gasteiger partial charge in [0.15, 0.2) is 0 Å². The van der Waals surface area contributed by atoms with Crippen LogP contribution in [0.4, 0.5) is 0 Å². The Morgan fingerprint density at radius 2 is 0.897 bits per heavy atom. The van der Waals surface area contributed by atoms with Crippen molar-refractivity contribution in [2.24, 2.45) is 0 Å². The minimum Gasteiger partial charge on any atom is -0.393 e. The Hall–Kier alpha value is -0.130. The first-order chi connectivity index (χ1) is 13.9. The van der Waals surface area contributed by atoms with Crippen LogP contribution >= 0.6 is 0 Å². The first-order valence-electron chi connectivity index (χ1n) is 12.6. The van der Waals surface area contributed by atoms with Gasteiger partial charge in [0.25, 0.3) is 10.1 Å². The van der Waals surface area contributed by atoms with E-state index < -0.39 is 15.4 Å². The zero-order valence-electron chi connectivity index (χ0n) is 19.4. The van der Waals surface area contributed by atoms with E-state index in [-0.39, 0.29) is 6.10 Å². The summed E-state index contributed by atoms with van der Waals surface area (Å²) in [5, 5.41) is 9.50. The smallest absolute Gasteiger partial charge is 0.267 e. The van der Waals surface area contributed by atoms with Crippen molar-refractivity contribution < 1.29 is 18.1 Å². The maximum Gasteiger partial charge on any atom is 0.267 e. The van der Waals surface area contributed by atoms with Gasteiger partial charge in [-0.3, -0.25) is 4.55 Å². The summed E-state index contributed by atoms with van der Waals surface area (Å²) in [5.74, 6) is 0. The van der Waals surface area contributed by atoms with Crippen molar-refractivity contribution in [1.29, 1.82) is 0 Å². The molecular weight excluding hydrogens is 384 g/mol. The van der Waals surface area contributed by atoms with Crippen LogP contribution in [0.1, 0.15) is 142 Å². The highest BCUT2D eigenvalue weighted by Gasteiger charge is 2.21. The molecule has 2 N–H and O–H groups in total. The Kier molecular flexibility index (Phi) is 19.7. The quantitative estimate of drug-likeness (QED) is 0.137. The molecule has 0 rings (SSSR count). The van der Waals surface area contributed by atoms with Gasteiger partial charge in [-0.05, 0) is 25.7 Å². The number of aliphatic hydroxyl groups is 1. The van der Waals surface area contributed by atoms with Gasteiger partial charge in [0.2, 0.25) is 0 Å². The topological polar surface area (TPSA) is 74.6 Å².